The number of aliphatic hydroxyl groups is 1. The molecule has 0 amide bonds. The molecule has 0 rings (SSSR count). The molecule has 1 N–H and O–H groups in total. The Labute approximate surface area is 347 Å². The molecule has 0 saturated heterocycles. The number of carbonyl (C=O) groups is 1. The molecule has 0 aromatic rings. The Morgan fingerprint density at radius 1 is 0.446 bits per heavy atom. The van der Waals surface area contributed by atoms with Crippen molar-refractivity contribution in [3.63, 3.8) is 0 Å². The molecule has 0 aromatic carbocycles. The van der Waals surface area contributed by atoms with Gasteiger partial charge in [-0.05, 0) is 96.3 Å². The Balaban J connectivity index is 3.55. The van der Waals surface area contributed by atoms with Gasteiger partial charge in [-0.1, -0.05) is 195 Å². The van der Waals surface area contributed by atoms with Gasteiger partial charge >= 0.3 is 5.97 Å². The second-order valence-corrected chi connectivity index (χ2v) is 15.1. The molecule has 0 aliphatic rings. The Kier molecular flexibility index (Phi) is 46.1. The maximum Gasteiger partial charge on any atom is 0.306 e. The number of ether oxygens (including phenoxy) is 2. The largest absolute Gasteiger partial charge is 0.457 e. The molecule has 1 atom stereocenters. The number of rotatable bonds is 42. The third kappa shape index (κ3) is 45.7. The molecular formula is C52H88O4. The molecule has 1 unspecified atom stereocenters. The van der Waals surface area contributed by atoms with E-state index in [1.54, 1.807) is 0 Å². The maximum absolute atomic E-state index is 12.2. The predicted octanol–water partition coefficient (Wildman–Crippen LogP) is 15.7. The lowest BCUT2D eigenvalue weighted by atomic mass is 10.1. The van der Waals surface area contributed by atoms with Gasteiger partial charge in [0.25, 0.3) is 0 Å². The van der Waals surface area contributed by atoms with E-state index in [1.807, 2.05) is 0 Å². The molecule has 0 aromatic heterocycles. The summed E-state index contributed by atoms with van der Waals surface area (Å²) in [5.74, 6) is -0.218. The zero-order chi connectivity index (χ0) is 40.5. The fourth-order valence-electron chi connectivity index (χ4n) is 6.18. The minimum absolute atomic E-state index is 0.190. The Hall–Kier alpha value is -2.69. The van der Waals surface area contributed by atoms with Gasteiger partial charge in [-0.25, -0.2) is 0 Å². The lowest BCUT2D eigenvalue weighted by molar-refractivity contribution is -0.154. The molecule has 320 valence electrons. The first-order chi connectivity index (χ1) is 27.7. The van der Waals surface area contributed by atoms with Crippen LogP contribution in [0, 0.1) is 0 Å². The van der Waals surface area contributed by atoms with Crippen LogP contribution in [-0.4, -0.2) is 37.0 Å². The van der Waals surface area contributed by atoms with Gasteiger partial charge < -0.3 is 14.6 Å². The minimum atomic E-state index is -0.557. The van der Waals surface area contributed by atoms with Crippen LogP contribution in [0.25, 0.3) is 0 Å². The number of carbonyl (C=O) groups excluding carboxylic acids is 1. The summed E-state index contributed by atoms with van der Waals surface area (Å²) in [4.78, 5) is 12.2. The summed E-state index contributed by atoms with van der Waals surface area (Å²) in [6, 6.07) is 0. The van der Waals surface area contributed by atoms with E-state index in [4.69, 9.17) is 9.47 Å². The predicted molar refractivity (Wildman–Crippen MR) is 246 cm³/mol. The molecule has 0 aliphatic heterocycles. The van der Waals surface area contributed by atoms with Crippen molar-refractivity contribution >= 4 is 5.97 Å². The highest BCUT2D eigenvalue weighted by atomic mass is 16.6. The van der Waals surface area contributed by atoms with E-state index in [0.29, 0.717) is 13.0 Å². The normalized spacial score (nSPS) is 13.3. The highest BCUT2D eigenvalue weighted by molar-refractivity contribution is 5.69. The molecule has 0 radical (unpaired) electrons. The molecule has 56 heavy (non-hydrogen) atoms. The van der Waals surface area contributed by atoms with E-state index in [1.165, 1.54) is 103 Å². The van der Waals surface area contributed by atoms with E-state index in [2.05, 4.69) is 111 Å². The first-order valence-electron chi connectivity index (χ1n) is 23.3. The number of hydrogen-bond donors (Lipinski definition) is 1. The second kappa shape index (κ2) is 48.5. The van der Waals surface area contributed by atoms with Gasteiger partial charge in [0.1, 0.15) is 6.10 Å². The van der Waals surface area contributed by atoms with E-state index in [-0.39, 0.29) is 19.2 Å². The van der Waals surface area contributed by atoms with Gasteiger partial charge in [0.15, 0.2) is 0 Å². The van der Waals surface area contributed by atoms with Crippen LogP contribution in [0.15, 0.2) is 97.2 Å². The monoisotopic (exact) mass is 777 g/mol. The third-order valence-corrected chi connectivity index (χ3v) is 9.64. The van der Waals surface area contributed by atoms with Gasteiger partial charge in [-0.3, -0.25) is 4.79 Å². The van der Waals surface area contributed by atoms with Crippen LogP contribution in [-0.2, 0) is 14.3 Å². The number of allylic oxidation sites excluding steroid dienone is 16. The van der Waals surface area contributed by atoms with Crippen LogP contribution < -0.4 is 0 Å². The van der Waals surface area contributed by atoms with E-state index >= 15 is 0 Å². The standard InChI is InChI=1S/C52H88O4/c1-3-5-7-9-11-13-15-17-19-21-23-24-25-26-27-28-29-30-32-34-36-38-40-42-44-46-48-55-50-51(49-53)56-52(54)47-45-43-41-39-37-35-33-31-22-20-18-16-14-12-10-8-6-4-2/h5,7,11,13,17,19-20,22-24,26-27,29-30,34,36,51,53H,3-4,6,8-10,12,14-16,18,21,25,28,31-33,35,37-50H2,1-2H3/b7-5-,13-11-,19-17-,22-20-,24-23-,27-26-,30-29-,36-34-. The van der Waals surface area contributed by atoms with Crippen molar-refractivity contribution in [3.05, 3.63) is 97.2 Å². The van der Waals surface area contributed by atoms with Crippen molar-refractivity contribution in [3.8, 4) is 0 Å². The lowest BCUT2D eigenvalue weighted by Crippen LogP contribution is -2.27. The third-order valence-electron chi connectivity index (χ3n) is 9.64. The topological polar surface area (TPSA) is 55.8 Å². The SMILES string of the molecule is CC/C=C\C/C=C\C/C=C\C/C=C\C/C=C\C/C=C\C/C=C\CCCCCCOCC(CO)OC(=O)CCCCCCCCC/C=C\CCCCCCCCC. The fraction of sp³-hybridized carbons (Fsp3) is 0.673. The van der Waals surface area contributed by atoms with Crippen molar-refractivity contribution < 1.29 is 19.4 Å². The van der Waals surface area contributed by atoms with Crippen LogP contribution in [0.5, 0.6) is 0 Å². The average Bonchev–Trinajstić information content (AvgIpc) is 3.20. The molecular weight excluding hydrogens is 689 g/mol. The molecule has 0 fully saturated rings. The van der Waals surface area contributed by atoms with Crippen LogP contribution in [0.1, 0.15) is 200 Å². The quantitative estimate of drug-likeness (QED) is 0.0381. The smallest absolute Gasteiger partial charge is 0.306 e. The maximum atomic E-state index is 12.2. The highest BCUT2D eigenvalue weighted by Crippen LogP contribution is 2.13. The fourth-order valence-corrected chi connectivity index (χ4v) is 6.18. The summed E-state index contributed by atoms with van der Waals surface area (Å²) in [6.45, 7) is 5.16. The molecule has 0 saturated carbocycles. The van der Waals surface area contributed by atoms with Crippen LogP contribution in [0.3, 0.4) is 0 Å². The number of unbranched alkanes of at least 4 members (excludes halogenated alkanes) is 18. The second-order valence-electron chi connectivity index (χ2n) is 15.1. The van der Waals surface area contributed by atoms with Gasteiger partial charge in [0, 0.05) is 13.0 Å². The Morgan fingerprint density at radius 3 is 1.23 bits per heavy atom. The van der Waals surface area contributed by atoms with Gasteiger partial charge in [-0.15, -0.1) is 0 Å². The number of aliphatic hydroxyl groups excluding tert-OH is 1. The summed E-state index contributed by atoms with van der Waals surface area (Å²) < 4.78 is 11.2. The summed E-state index contributed by atoms with van der Waals surface area (Å²) in [5, 5.41) is 9.62. The zero-order valence-electron chi connectivity index (χ0n) is 36.6. The van der Waals surface area contributed by atoms with E-state index in [9.17, 15) is 9.90 Å². The van der Waals surface area contributed by atoms with E-state index < -0.39 is 6.10 Å². The van der Waals surface area contributed by atoms with Gasteiger partial charge in [0.05, 0.1) is 13.2 Å². The highest BCUT2D eigenvalue weighted by Gasteiger charge is 2.13. The zero-order valence-corrected chi connectivity index (χ0v) is 36.6. The van der Waals surface area contributed by atoms with Gasteiger partial charge in [0.2, 0.25) is 0 Å². The summed E-state index contributed by atoms with van der Waals surface area (Å²) in [7, 11) is 0. The molecule has 0 aliphatic carbocycles. The molecule has 4 nitrogen and oxygen atoms in total. The minimum Gasteiger partial charge on any atom is -0.457 e. The molecule has 0 heterocycles. The van der Waals surface area contributed by atoms with Crippen molar-refractivity contribution in [2.75, 3.05) is 19.8 Å². The summed E-state index contributed by atoms with van der Waals surface area (Å²) in [5.41, 5.74) is 0. The van der Waals surface area contributed by atoms with Crippen molar-refractivity contribution in [2.24, 2.45) is 0 Å². The van der Waals surface area contributed by atoms with Crippen LogP contribution >= 0.6 is 0 Å². The van der Waals surface area contributed by atoms with E-state index in [0.717, 1.165) is 77.0 Å². The van der Waals surface area contributed by atoms with Crippen molar-refractivity contribution in [1.82, 2.24) is 0 Å². The Morgan fingerprint density at radius 2 is 0.804 bits per heavy atom. The molecule has 4 heteroatoms. The number of esters is 1. The van der Waals surface area contributed by atoms with Crippen LogP contribution in [0.2, 0.25) is 0 Å². The average molecular weight is 777 g/mol. The first-order valence-corrected chi connectivity index (χ1v) is 23.3. The lowest BCUT2D eigenvalue weighted by Gasteiger charge is -2.15. The summed E-state index contributed by atoms with van der Waals surface area (Å²) in [6.07, 6.45) is 69.0. The van der Waals surface area contributed by atoms with Gasteiger partial charge in [-0.2, -0.15) is 0 Å². The van der Waals surface area contributed by atoms with Crippen molar-refractivity contribution in [2.45, 2.75) is 206 Å². The molecule has 0 bridgehead atoms. The first kappa shape index (κ1) is 53.3. The Bertz CT molecular complexity index is 1040. The summed E-state index contributed by atoms with van der Waals surface area (Å²) >= 11 is 0. The molecule has 0 spiro atoms. The van der Waals surface area contributed by atoms with Crippen LogP contribution in [0.4, 0.5) is 0 Å². The number of hydrogen-bond acceptors (Lipinski definition) is 4. The van der Waals surface area contributed by atoms with Crippen molar-refractivity contribution in [1.29, 1.82) is 0 Å².